The monoisotopic (exact) mass is 488 g/mol. The number of esters is 2. The molecule has 0 aliphatic carbocycles. The number of Topliss-reactive ketones (excluding diaryl/α,β-unsaturated/α-hetero) is 1. The van der Waals surface area contributed by atoms with Gasteiger partial charge in [-0.1, -0.05) is 0 Å². The SMILES string of the molecule is CC(C)=O.CNC(C)=O.CNC(C)=O.COC.COC(=O)OC.COC(C)=O.COC(C)=O. The van der Waals surface area contributed by atoms with E-state index in [2.05, 4.69) is 34.3 Å². The van der Waals surface area contributed by atoms with Crippen LogP contribution in [0.2, 0.25) is 0 Å². The molecule has 13 nitrogen and oxygen atoms in total. The highest BCUT2D eigenvalue weighted by molar-refractivity contribution is 5.72. The molecule has 0 radical (unpaired) electrons. The topological polar surface area (TPSA) is 173 Å². The number of carbonyl (C=O) groups excluding carboxylic acids is 6. The first-order valence-corrected chi connectivity index (χ1v) is 8.99. The van der Waals surface area contributed by atoms with E-state index < -0.39 is 6.16 Å². The minimum Gasteiger partial charge on any atom is -0.469 e. The molecule has 2 amide bonds. The van der Waals surface area contributed by atoms with Crippen molar-refractivity contribution in [1.29, 1.82) is 0 Å². The molecule has 0 saturated carbocycles. The lowest BCUT2D eigenvalue weighted by molar-refractivity contribution is -0.138. The summed E-state index contributed by atoms with van der Waals surface area (Å²) in [7, 11) is 11.7. The van der Waals surface area contributed by atoms with Gasteiger partial charge in [0.2, 0.25) is 11.8 Å². The van der Waals surface area contributed by atoms with Crippen LogP contribution in [0.15, 0.2) is 0 Å². The van der Waals surface area contributed by atoms with Crippen molar-refractivity contribution >= 4 is 35.7 Å². The molecule has 13 heteroatoms. The Morgan fingerprint density at radius 1 is 0.485 bits per heavy atom. The van der Waals surface area contributed by atoms with Crippen LogP contribution in [0.25, 0.3) is 0 Å². The van der Waals surface area contributed by atoms with Crippen LogP contribution in [-0.2, 0) is 47.7 Å². The van der Waals surface area contributed by atoms with Crippen molar-refractivity contribution in [3.63, 3.8) is 0 Å². The largest absolute Gasteiger partial charge is 0.507 e. The molecule has 0 heterocycles. The molecular weight excluding hydrogens is 444 g/mol. The summed E-state index contributed by atoms with van der Waals surface area (Å²) in [5, 5.41) is 4.78. The van der Waals surface area contributed by atoms with Gasteiger partial charge in [-0.2, -0.15) is 0 Å². The van der Waals surface area contributed by atoms with Crippen LogP contribution in [0.1, 0.15) is 41.5 Å². The fourth-order valence-corrected chi connectivity index (χ4v) is 0.0833. The predicted octanol–water partition coefficient (Wildman–Crippen LogP) is 1.12. The Hall–Kier alpha value is -3.22. The van der Waals surface area contributed by atoms with E-state index in [1.54, 1.807) is 28.3 Å². The molecule has 2 N–H and O–H groups in total. The van der Waals surface area contributed by atoms with Gasteiger partial charge in [0.25, 0.3) is 0 Å². The van der Waals surface area contributed by atoms with E-state index in [0.717, 1.165) is 0 Å². The number of hydrogen-bond acceptors (Lipinski definition) is 11. The van der Waals surface area contributed by atoms with Crippen molar-refractivity contribution in [2.45, 2.75) is 41.5 Å². The Morgan fingerprint density at radius 3 is 0.606 bits per heavy atom. The summed E-state index contributed by atoms with van der Waals surface area (Å²) in [5.41, 5.74) is 0. The number of rotatable bonds is 0. The van der Waals surface area contributed by atoms with Gasteiger partial charge in [0, 0.05) is 56.0 Å². The third kappa shape index (κ3) is 268. The number of ether oxygens (including phenoxy) is 5. The fourth-order valence-electron chi connectivity index (χ4n) is 0.0833. The highest BCUT2D eigenvalue weighted by Gasteiger charge is 1.88. The third-order valence-electron chi connectivity index (χ3n) is 1.61. The second kappa shape index (κ2) is 46.8. The highest BCUT2D eigenvalue weighted by atomic mass is 16.7. The molecule has 200 valence electrons. The third-order valence-corrected chi connectivity index (χ3v) is 1.61. The van der Waals surface area contributed by atoms with E-state index in [1.165, 1.54) is 70.0 Å². The number of nitrogens with one attached hydrogen (secondary N) is 2. The van der Waals surface area contributed by atoms with Gasteiger partial charge >= 0.3 is 18.1 Å². The molecule has 0 aromatic carbocycles. The van der Waals surface area contributed by atoms with Gasteiger partial charge < -0.3 is 39.1 Å². The first kappa shape index (κ1) is 47.5. The first-order chi connectivity index (χ1) is 15.0. The summed E-state index contributed by atoms with van der Waals surface area (Å²) < 4.78 is 20.5. The smallest absolute Gasteiger partial charge is 0.469 e. The van der Waals surface area contributed by atoms with Crippen molar-refractivity contribution in [3.05, 3.63) is 0 Å². The number of ketones is 1. The van der Waals surface area contributed by atoms with Crippen LogP contribution in [0.4, 0.5) is 4.79 Å². The second-order valence-corrected chi connectivity index (χ2v) is 4.98. The average Bonchev–Trinajstić information content (AvgIpc) is 2.74. The van der Waals surface area contributed by atoms with Crippen molar-refractivity contribution in [1.82, 2.24) is 10.6 Å². The van der Waals surface area contributed by atoms with Crippen LogP contribution in [0.3, 0.4) is 0 Å². The minimum atomic E-state index is -0.657. The molecule has 33 heavy (non-hydrogen) atoms. The summed E-state index contributed by atoms with van der Waals surface area (Å²) in [5.74, 6) is -0.315. The highest BCUT2D eigenvalue weighted by Crippen LogP contribution is 1.72. The Kier molecular flexibility index (Phi) is 67.4. The molecule has 0 aromatic heterocycles. The fraction of sp³-hybridized carbons (Fsp3) is 0.700. The van der Waals surface area contributed by atoms with E-state index >= 15 is 0 Å². The number of carbonyl (C=O) groups is 6. The van der Waals surface area contributed by atoms with E-state index in [4.69, 9.17) is 0 Å². The van der Waals surface area contributed by atoms with Gasteiger partial charge in [-0.25, -0.2) is 4.79 Å². The number of amides is 2. The van der Waals surface area contributed by atoms with Crippen molar-refractivity contribution in [3.8, 4) is 0 Å². The van der Waals surface area contributed by atoms with E-state index in [9.17, 15) is 28.8 Å². The summed E-state index contributed by atoms with van der Waals surface area (Å²) in [6.07, 6.45) is -0.657. The molecule has 0 saturated heterocycles. The summed E-state index contributed by atoms with van der Waals surface area (Å²) >= 11 is 0. The lowest BCUT2D eigenvalue weighted by Crippen LogP contribution is -2.11. The molecule has 0 aliphatic heterocycles. The van der Waals surface area contributed by atoms with Gasteiger partial charge in [-0.15, -0.1) is 0 Å². The van der Waals surface area contributed by atoms with Crippen LogP contribution >= 0.6 is 0 Å². The molecule has 0 unspecified atom stereocenters. The van der Waals surface area contributed by atoms with Gasteiger partial charge in [-0.05, 0) is 13.8 Å². The molecule has 0 atom stereocenters. The zero-order valence-corrected chi connectivity index (χ0v) is 22.5. The lowest BCUT2D eigenvalue weighted by Gasteiger charge is -1.89. The minimum absolute atomic E-state index is 0.00463. The van der Waals surface area contributed by atoms with E-state index in [-0.39, 0.29) is 29.5 Å². The normalized spacial score (nSPS) is 6.73. The van der Waals surface area contributed by atoms with E-state index in [0.29, 0.717) is 0 Å². The zero-order chi connectivity index (χ0) is 28.4. The Bertz CT molecular complexity index is 417. The van der Waals surface area contributed by atoms with Gasteiger partial charge in [0.05, 0.1) is 28.4 Å². The van der Waals surface area contributed by atoms with Crippen LogP contribution < -0.4 is 10.6 Å². The Morgan fingerprint density at radius 2 is 0.606 bits per heavy atom. The van der Waals surface area contributed by atoms with E-state index in [1.807, 2.05) is 0 Å². The maximum atomic E-state index is 9.74. The maximum Gasteiger partial charge on any atom is 0.507 e. The van der Waals surface area contributed by atoms with Crippen LogP contribution in [-0.4, -0.2) is 92.4 Å². The molecule has 0 bridgehead atoms. The standard InChI is InChI=1S/2C3H7NO.C3H6O3.2C3H6O2.C3H6O.C2H6O/c2*1-3(5)4-2;1-5-3(4)6-2;2*1-3(4)5-2;1-3(2)4;1-3-2/h2*1-2H3,(H,4,5);1-2H3;2*1-2H3;1-2H3;1-2H3. The molecule has 0 rings (SSSR count). The molecule has 0 spiro atoms. The Labute approximate surface area is 197 Å². The predicted molar refractivity (Wildman–Crippen MR) is 124 cm³/mol. The van der Waals surface area contributed by atoms with Gasteiger partial charge in [-0.3, -0.25) is 19.2 Å². The lowest BCUT2D eigenvalue weighted by atomic mass is 10.6. The number of hydrogen-bond donors (Lipinski definition) is 2. The van der Waals surface area contributed by atoms with Crippen molar-refractivity contribution in [2.24, 2.45) is 0 Å². The first-order valence-electron chi connectivity index (χ1n) is 8.99. The molecule has 0 aromatic rings. The number of methoxy groups -OCH3 is 5. The zero-order valence-electron chi connectivity index (χ0n) is 22.5. The van der Waals surface area contributed by atoms with Crippen LogP contribution in [0.5, 0.6) is 0 Å². The summed E-state index contributed by atoms with van der Waals surface area (Å²) in [6.45, 7) is 8.72. The second-order valence-electron chi connectivity index (χ2n) is 4.98. The quantitative estimate of drug-likeness (QED) is 0.369. The molecule has 0 aliphatic rings. The molecule has 0 fully saturated rings. The molecular formula is C20H44N2O11. The summed E-state index contributed by atoms with van der Waals surface area (Å²) in [4.78, 5) is 57.8. The van der Waals surface area contributed by atoms with Crippen molar-refractivity contribution < 1.29 is 52.5 Å². The Balaban J connectivity index is -0.0000000482. The van der Waals surface area contributed by atoms with Gasteiger partial charge in [0.1, 0.15) is 5.78 Å². The van der Waals surface area contributed by atoms with Crippen molar-refractivity contribution in [2.75, 3.05) is 56.8 Å². The summed E-state index contributed by atoms with van der Waals surface area (Å²) in [6, 6.07) is 0. The average molecular weight is 489 g/mol. The van der Waals surface area contributed by atoms with Crippen LogP contribution in [0, 0.1) is 0 Å². The maximum absolute atomic E-state index is 9.74. The van der Waals surface area contributed by atoms with Gasteiger partial charge in [0.15, 0.2) is 0 Å².